The van der Waals surface area contributed by atoms with Gasteiger partial charge in [0.05, 0.1) is 5.56 Å². The number of nitrogens with zero attached hydrogens (tertiary/aromatic N) is 1. The summed E-state index contributed by atoms with van der Waals surface area (Å²) in [5.41, 5.74) is -2.14. The van der Waals surface area contributed by atoms with E-state index < -0.39 is 47.3 Å². The van der Waals surface area contributed by atoms with Crippen molar-refractivity contribution >= 4 is 23.5 Å². The summed E-state index contributed by atoms with van der Waals surface area (Å²) in [5.74, 6) is -1.38. The van der Waals surface area contributed by atoms with E-state index in [0.717, 1.165) is 0 Å². The number of alkyl halides is 3. The van der Waals surface area contributed by atoms with E-state index in [1.807, 2.05) is 13.8 Å². The molecular formula is C14H16ClF3N2O4. The predicted octanol–water partition coefficient (Wildman–Crippen LogP) is 1.84. The highest BCUT2D eigenvalue weighted by Crippen LogP contribution is 2.29. The molecule has 0 radical (unpaired) electrons. The first-order valence-corrected chi connectivity index (χ1v) is 7.28. The fraction of sp³-hybridized carbons (Fsp3) is 0.500. The van der Waals surface area contributed by atoms with Gasteiger partial charge in [-0.15, -0.1) is 0 Å². The van der Waals surface area contributed by atoms with Crippen molar-refractivity contribution < 1.29 is 27.5 Å². The van der Waals surface area contributed by atoms with Crippen molar-refractivity contribution in [3.05, 3.63) is 33.2 Å². The third-order valence-corrected chi connectivity index (χ3v) is 3.01. The van der Waals surface area contributed by atoms with Crippen LogP contribution in [0, 0.1) is 5.92 Å². The lowest BCUT2D eigenvalue weighted by atomic mass is 10.2. The van der Waals surface area contributed by atoms with Gasteiger partial charge >= 0.3 is 12.1 Å². The summed E-state index contributed by atoms with van der Waals surface area (Å²) in [7, 11) is 0. The molecule has 1 aromatic rings. The Morgan fingerprint density at radius 1 is 1.38 bits per heavy atom. The molecule has 10 heteroatoms. The molecule has 0 spiro atoms. The van der Waals surface area contributed by atoms with Crippen molar-refractivity contribution in [3.63, 3.8) is 0 Å². The van der Waals surface area contributed by atoms with Crippen LogP contribution in [0.25, 0.3) is 0 Å². The van der Waals surface area contributed by atoms with Crippen molar-refractivity contribution in [1.29, 1.82) is 0 Å². The number of ether oxygens (including phenoxy) is 1. The lowest BCUT2D eigenvalue weighted by molar-refractivity contribution is -0.149. The van der Waals surface area contributed by atoms with Crippen LogP contribution in [-0.2, 0) is 27.0 Å². The van der Waals surface area contributed by atoms with Gasteiger partial charge in [0.2, 0.25) is 0 Å². The third kappa shape index (κ3) is 6.23. The van der Waals surface area contributed by atoms with E-state index in [1.165, 1.54) is 0 Å². The van der Waals surface area contributed by atoms with Gasteiger partial charge in [0.25, 0.3) is 11.5 Å². The fourth-order valence-electron chi connectivity index (χ4n) is 1.57. The second-order valence-corrected chi connectivity index (χ2v) is 5.77. The molecule has 1 N–H and O–H groups in total. The summed E-state index contributed by atoms with van der Waals surface area (Å²) in [6.07, 6.45) is -4.26. The van der Waals surface area contributed by atoms with Crippen molar-refractivity contribution in [2.45, 2.75) is 26.6 Å². The van der Waals surface area contributed by atoms with Crippen LogP contribution in [0.15, 0.2) is 17.1 Å². The lowest BCUT2D eigenvalue weighted by Crippen LogP contribution is -2.33. The topological polar surface area (TPSA) is 77.4 Å². The Balaban J connectivity index is 2.72. The van der Waals surface area contributed by atoms with Crippen molar-refractivity contribution in [2.24, 2.45) is 5.92 Å². The average Bonchev–Trinajstić information content (AvgIpc) is 2.46. The summed E-state index contributed by atoms with van der Waals surface area (Å²) >= 11 is 5.46. The van der Waals surface area contributed by atoms with E-state index in [4.69, 9.17) is 11.6 Å². The van der Waals surface area contributed by atoms with Crippen LogP contribution in [0.3, 0.4) is 0 Å². The van der Waals surface area contributed by atoms with Crippen LogP contribution in [0.4, 0.5) is 13.2 Å². The van der Waals surface area contributed by atoms with Crippen LogP contribution in [-0.4, -0.2) is 29.6 Å². The first kappa shape index (κ1) is 20.0. The minimum Gasteiger partial charge on any atom is -0.454 e. The highest BCUT2D eigenvalue weighted by Gasteiger charge is 2.32. The molecule has 1 heterocycles. The Labute approximate surface area is 140 Å². The van der Waals surface area contributed by atoms with Crippen molar-refractivity contribution in [3.8, 4) is 0 Å². The van der Waals surface area contributed by atoms with Gasteiger partial charge < -0.3 is 14.6 Å². The number of halogens is 4. The van der Waals surface area contributed by atoms with Crippen LogP contribution in [0.1, 0.15) is 19.4 Å². The first-order valence-electron chi connectivity index (χ1n) is 6.90. The number of hydrogen-bond donors (Lipinski definition) is 1. The second-order valence-electron chi connectivity index (χ2n) is 5.37. The number of nitrogens with one attached hydrogen (secondary N) is 1. The van der Waals surface area contributed by atoms with E-state index >= 15 is 0 Å². The lowest BCUT2D eigenvalue weighted by Gasteiger charge is -2.12. The summed E-state index contributed by atoms with van der Waals surface area (Å²) in [5, 5.41) is 1.82. The Hall–Kier alpha value is -2.03. The Morgan fingerprint density at radius 2 is 2.00 bits per heavy atom. The number of carbonyl (C=O) groups excluding carboxylic acids is 2. The van der Waals surface area contributed by atoms with E-state index in [9.17, 15) is 27.6 Å². The van der Waals surface area contributed by atoms with E-state index in [2.05, 4.69) is 10.1 Å². The predicted molar refractivity (Wildman–Crippen MR) is 79.5 cm³/mol. The van der Waals surface area contributed by atoms with Crippen molar-refractivity contribution in [1.82, 2.24) is 9.88 Å². The van der Waals surface area contributed by atoms with Gasteiger partial charge in [-0.25, -0.2) is 0 Å². The zero-order valence-corrected chi connectivity index (χ0v) is 13.7. The van der Waals surface area contributed by atoms with Crippen LogP contribution in [0.5, 0.6) is 0 Å². The highest BCUT2D eigenvalue weighted by atomic mass is 35.5. The molecule has 1 amide bonds. The third-order valence-electron chi connectivity index (χ3n) is 2.74. The number of amides is 1. The summed E-state index contributed by atoms with van der Waals surface area (Å²) < 4.78 is 43.1. The Morgan fingerprint density at radius 3 is 2.54 bits per heavy atom. The molecule has 0 aliphatic carbocycles. The maximum absolute atomic E-state index is 12.7. The molecule has 0 aliphatic rings. The number of hydrogen-bond acceptors (Lipinski definition) is 4. The number of carbonyl (C=O) groups is 2. The molecule has 0 bridgehead atoms. The quantitative estimate of drug-likeness (QED) is 0.777. The molecule has 0 saturated carbocycles. The molecule has 0 unspecified atom stereocenters. The van der Waals surface area contributed by atoms with Crippen molar-refractivity contribution in [2.75, 3.05) is 13.2 Å². The van der Waals surface area contributed by atoms with Gasteiger partial charge in [-0.3, -0.25) is 14.4 Å². The number of pyridine rings is 1. The van der Waals surface area contributed by atoms with E-state index in [1.54, 1.807) is 0 Å². The Bertz CT molecular complexity index is 671. The van der Waals surface area contributed by atoms with Gasteiger partial charge in [-0.1, -0.05) is 25.4 Å². The SMILES string of the molecule is CC(C)CNC(=O)COC(=O)Cn1cc(C(F)(F)F)cc(Cl)c1=O. The van der Waals surface area contributed by atoms with Gasteiger partial charge in [-0.2, -0.15) is 13.2 Å². The minimum absolute atomic E-state index is 0.204. The fourth-order valence-corrected chi connectivity index (χ4v) is 1.80. The summed E-state index contributed by atoms with van der Waals surface area (Å²) in [4.78, 5) is 34.7. The maximum atomic E-state index is 12.7. The maximum Gasteiger partial charge on any atom is 0.417 e. The minimum atomic E-state index is -4.72. The number of esters is 1. The van der Waals surface area contributed by atoms with Gasteiger partial charge in [0.15, 0.2) is 6.61 Å². The largest absolute Gasteiger partial charge is 0.454 e. The van der Waals surface area contributed by atoms with E-state index in [-0.39, 0.29) is 5.92 Å². The van der Waals surface area contributed by atoms with Gasteiger partial charge in [-0.05, 0) is 12.0 Å². The standard InChI is InChI=1S/C14H16ClF3N2O4/c1-8(2)4-19-11(21)7-24-12(22)6-20-5-9(14(16,17)18)3-10(15)13(20)23/h3,5,8H,4,6-7H2,1-2H3,(H,19,21). The molecule has 1 aromatic heterocycles. The van der Waals surface area contributed by atoms with Crippen LogP contribution >= 0.6 is 11.6 Å². The molecule has 0 atom stereocenters. The highest BCUT2D eigenvalue weighted by molar-refractivity contribution is 6.30. The molecule has 0 fully saturated rings. The van der Waals surface area contributed by atoms with Crippen LogP contribution in [0.2, 0.25) is 5.02 Å². The van der Waals surface area contributed by atoms with E-state index in [0.29, 0.717) is 23.4 Å². The summed E-state index contributed by atoms with van der Waals surface area (Å²) in [6.45, 7) is 2.75. The number of rotatable bonds is 6. The molecule has 0 saturated heterocycles. The second kappa shape index (κ2) is 8.18. The monoisotopic (exact) mass is 368 g/mol. The summed E-state index contributed by atoms with van der Waals surface area (Å²) in [6, 6.07) is 0.477. The molecule has 134 valence electrons. The average molecular weight is 369 g/mol. The van der Waals surface area contributed by atoms with Gasteiger partial charge in [0, 0.05) is 12.7 Å². The number of aromatic nitrogens is 1. The van der Waals surface area contributed by atoms with Gasteiger partial charge in [0.1, 0.15) is 11.6 Å². The molecule has 0 aliphatic heterocycles. The zero-order chi connectivity index (χ0) is 18.5. The van der Waals surface area contributed by atoms with Crippen LogP contribution < -0.4 is 10.9 Å². The zero-order valence-electron chi connectivity index (χ0n) is 12.9. The Kier molecular flexibility index (Phi) is 6.82. The molecule has 24 heavy (non-hydrogen) atoms. The first-order chi connectivity index (χ1) is 11.0. The normalized spacial score (nSPS) is 11.5. The molecule has 1 rings (SSSR count). The molecular weight excluding hydrogens is 353 g/mol. The molecule has 6 nitrogen and oxygen atoms in total. The smallest absolute Gasteiger partial charge is 0.417 e. The molecule has 0 aromatic carbocycles.